The minimum absolute atomic E-state index is 0. The summed E-state index contributed by atoms with van der Waals surface area (Å²) in [6, 6.07) is 0.537. The number of halogens is 1. The molecule has 0 aromatic heterocycles. The summed E-state index contributed by atoms with van der Waals surface area (Å²) in [4.78, 5) is 12.4. The van der Waals surface area contributed by atoms with Crippen LogP contribution in [0.15, 0.2) is 0 Å². The van der Waals surface area contributed by atoms with Crippen LogP contribution in [0.5, 0.6) is 0 Å². The van der Waals surface area contributed by atoms with Crippen molar-refractivity contribution in [3.8, 4) is 0 Å². The largest absolute Gasteiger partial charge is 0.375 e. The van der Waals surface area contributed by atoms with E-state index in [4.69, 9.17) is 4.74 Å². The molecule has 0 N–H and O–H groups in total. The number of nitrogens with zero attached hydrogens (tertiary/aromatic N) is 1. The molecule has 4 heteroatoms. The molecule has 0 aromatic carbocycles. The van der Waals surface area contributed by atoms with E-state index in [2.05, 4.69) is 4.90 Å². The van der Waals surface area contributed by atoms with Crippen molar-refractivity contribution >= 4 is 18.7 Å². The van der Waals surface area contributed by atoms with Gasteiger partial charge < -0.3 is 9.53 Å². The highest BCUT2D eigenvalue weighted by Crippen LogP contribution is 2.26. The summed E-state index contributed by atoms with van der Waals surface area (Å²) in [5.74, 6) is 0. The zero-order chi connectivity index (χ0) is 6.97. The number of ether oxygens (including phenoxy) is 1. The molecular formula is C7H12ClNO2. The Balaban J connectivity index is 0.000000605. The van der Waals surface area contributed by atoms with E-state index in [1.807, 2.05) is 0 Å². The molecule has 0 unspecified atom stereocenters. The quantitative estimate of drug-likeness (QED) is 0.560. The molecule has 2 atom stereocenters. The number of aldehydes is 1. The Morgan fingerprint density at radius 1 is 1.64 bits per heavy atom. The lowest BCUT2D eigenvalue weighted by Crippen LogP contribution is -2.37. The van der Waals surface area contributed by atoms with Crippen LogP contribution in [0.25, 0.3) is 0 Å². The number of fused-ring (bicyclic) bond motifs is 2. The van der Waals surface area contributed by atoms with E-state index in [0.717, 1.165) is 25.9 Å². The maximum Gasteiger partial charge on any atom is 0.133 e. The first-order valence-corrected chi connectivity index (χ1v) is 3.69. The Morgan fingerprint density at radius 3 is 2.91 bits per heavy atom. The van der Waals surface area contributed by atoms with Crippen molar-refractivity contribution in [2.75, 3.05) is 19.7 Å². The number of rotatable bonds is 2. The van der Waals surface area contributed by atoms with Gasteiger partial charge >= 0.3 is 0 Å². The van der Waals surface area contributed by atoms with Gasteiger partial charge in [-0.3, -0.25) is 4.90 Å². The van der Waals surface area contributed by atoms with Crippen LogP contribution >= 0.6 is 12.4 Å². The number of likely N-dealkylation sites (tertiary alicyclic amines) is 1. The van der Waals surface area contributed by atoms with Crippen molar-refractivity contribution in [2.24, 2.45) is 0 Å². The molecule has 2 saturated heterocycles. The van der Waals surface area contributed by atoms with E-state index in [0.29, 0.717) is 18.7 Å². The van der Waals surface area contributed by atoms with Gasteiger partial charge in [-0.05, 0) is 6.42 Å². The predicted molar refractivity (Wildman–Crippen MR) is 43.0 cm³/mol. The monoisotopic (exact) mass is 177 g/mol. The summed E-state index contributed by atoms with van der Waals surface area (Å²) < 4.78 is 5.37. The van der Waals surface area contributed by atoms with Gasteiger partial charge in [-0.2, -0.15) is 0 Å². The molecule has 2 bridgehead atoms. The molecule has 0 radical (unpaired) electrons. The van der Waals surface area contributed by atoms with Gasteiger partial charge in [-0.25, -0.2) is 0 Å². The van der Waals surface area contributed by atoms with Crippen LogP contribution in [0.4, 0.5) is 0 Å². The van der Waals surface area contributed by atoms with Crippen LogP contribution in [0.1, 0.15) is 6.42 Å². The van der Waals surface area contributed by atoms with E-state index < -0.39 is 0 Å². The summed E-state index contributed by atoms with van der Waals surface area (Å²) >= 11 is 0. The molecule has 11 heavy (non-hydrogen) atoms. The minimum atomic E-state index is 0. The van der Waals surface area contributed by atoms with Gasteiger partial charge in [0.15, 0.2) is 0 Å². The Hall–Kier alpha value is -0.120. The SMILES string of the molecule is Cl.O=CCN1C[C@H]2C[C@@H]1CO2. The first-order valence-electron chi connectivity index (χ1n) is 3.69. The van der Waals surface area contributed by atoms with Gasteiger partial charge in [0, 0.05) is 12.6 Å². The molecule has 0 amide bonds. The van der Waals surface area contributed by atoms with Gasteiger partial charge in [0.05, 0.1) is 19.3 Å². The third kappa shape index (κ3) is 1.55. The summed E-state index contributed by atoms with van der Waals surface area (Å²) in [6.45, 7) is 2.38. The molecule has 0 aromatic rings. The molecule has 2 heterocycles. The van der Waals surface area contributed by atoms with E-state index in [-0.39, 0.29) is 12.4 Å². The molecule has 0 aliphatic carbocycles. The number of carbonyl (C=O) groups excluding carboxylic acids is 1. The lowest BCUT2D eigenvalue weighted by molar-refractivity contribution is -0.109. The van der Waals surface area contributed by atoms with Crippen molar-refractivity contribution < 1.29 is 9.53 Å². The molecule has 2 aliphatic rings. The highest BCUT2D eigenvalue weighted by molar-refractivity contribution is 5.85. The van der Waals surface area contributed by atoms with Crippen molar-refractivity contribution in [1.82, 2.24) is 4.90 Å². The van der Waals surface area contributed by atoms with Gasteiger partial charge in [0.2, 0.25) is 0 Å². The predicted octanol–water partition coefficient (Wildman–Crippen LogP) is 0.0802. The van der Waals surface area contributed by atoms with Gasteiger partial charge in [0.25, 0.3) is 0 Å². The third-order valence-corrected chi connectivity index (χ3v) is 2.32. The highest BCUT2D eigenvalue weighted by Gasteiger charge is 2.38. The standard InChI is InChI=1S/C7H11NO2.ClH/c9-2-1-8-4-7-3-6(8)5-10-7;/h2,6-7H,1,3-5H2;1H/t6-,7-;/m1./s1. The van der Waals surface area contributed by atoms with Gasteiger partial charge in [-0.15, -0.1) is 12.4 Å². The average Bonchev–Trinajstić information content (AvgIpc) is 2.48. The van der Waals surface area contributed by atoms with E-state index in [9.17, 15) is 4.79 Å². The third-order valence-electron chi connectivity index (χ3n) is 2.32. The molecule has 2 rings (SSSR count). The normalized spacial score (nSPS) is 35.3. The molecule has 2 aliphatic heterocycles. The van der Waals surface area contributed by atoms with Crippen LogP contribution < -0.4 is 0 Å². The number of carbonyl (C=O) groups is 1. The van der Waals surface area contributed by atoms with E-state index in [1.54, 1.807) is 0 Å². The van der Waals surface area contributed by atoms with Crippen molar-refractivity contribution in [3.63, 3.8) is 0 Å². The van der Waals surface area contributed by atoms with Crippen molar-refractivity contribution in [3.05, 3.63) is 0 Å². The van der Waals surface area contributed by atoms with Crippen molar-refractivity contribution in [1.29, 1.82) is 0 Å². The Kier molecular flexibility index (Phi) is 2.87. The lowest BCUT2D eigenvalue weighted by atomic mass is 10.2. The molecule has 3 nitrogen and oxygen atoms in total. The van der Waals surface area contributed by atoms with Crippen LogP contribution in [0, 0.1) is 0 Å². The highest BCUT2D eigenvalue weighted by atomic mass is 35.5. The summed E-state index contributed by atoms with van der Waals surface area (Å²) in [5.41, 5.74) is 0. The second kappa shape index (κ2) is 3.52. The van der Waals surface area contributed by atoms with Crippen LogP contribution in [-0.4, -0.2) is 43.0 Å². The number of hydrogen-bond donors (Lipinski definition) is 0. The smallest absolute Gasteiger partial charge is 0.133 e. The van der Waals surface area contributed by atoms with Crippen molar-refractivity contribution in [2.45, 2.75) is 18.6 Å². The Morgan fingerprint density at radius 2 is 2.45 bits per heavy atom. The molecule has 0 saturated carbocycles. The molecule has 0 spiro atoms. The fourth-order valence-corrected chi connectivity index (χ4v) is 1.80. The maximum atomic E-state index is 10.2. The summed E-state index contributed by atoms with van der Waals surface area (Å²) in [5, 5.41) is 0. The number of morpholine rings is 1. The fourth-order valence-electron chi connectivity index (χ4n) is 1.80. The second-order valence-corrected chi connectivity index (χ2v) is 2.97. The van der Waals surface area contributed by atoms with Gasteiger partial charge in [-0.1, -0.05) is 0 Å². The molecule has 2 fully saturated rings. The maximum absolute atomic E-state index is 10.2. The number of hydrogen-bond acceptors (Lipinski definition) is 3. The molecular weight excluding hydrogens is 166 g/mol. The van der Waals surface area contributed by atoms with Crippen LogP contribution in [0.3, 0.4) is 0 Å². The topological polar surface area (TPSA) is 29.5 Å². The second-order valence-electron chi connectivity index (χ2n) is 2.97. The average molecular weight is 178 g/mol. The summed E-state index contributed by atoms with van der Waals surface area (Å²) in [7, 11) is 0. The van der Waals surface area contributed by atoms with Gasteiger partial charge in [0.1, 0.15) is 6.29 Å². The molecule has 64 valence electrons. The Bertz CT molecular complexity index is 153. The van der Waals surface area contributed by atoms with E-state index in [1.165, 1.54) is 0 Å². The zero-order valence-electron chi connectivity index (χ0n) is 6.23. The summed E-state index contributed by atoms with van der Waals surface area (Å²) in [6.07, 6.45) is 2.53. The van der Waals surface area contributed by atoms with Crippen LogP contribution in [-0.2, 0) is 9.53 Å². The Labute approximate surface area is 72.1 Å². The lowest BCUT2D eigenvalue weighted by Gasteiger charge is -2.23. The first kappa shape index (κ1) is 8.97. The fraction of sp³-hybridized carbons (Fsp3) is 0.857. The first-order chi connectivity index (χ1) is 4.90. The minimum Gasteiger partial charge on any atom is -0.375 e. The van der Waals surface area contributed by atoms with E-state index >= 15 is 0 Å². The zero-order valence-corrected chi connectivity index (χ0v) is 7.05. The van der Waals surface area contributed by atoms with Crippen LogP contribution in [0.2, 0.25) is 0 Å².